The highest BCUT2D eigenvalue weighted by atomic mass is 79.9. The Morgan fingerprint density at radius 1 is 1.15 bits per heavy atom. The molecule has 0 aromatic heterocycles. The van der Waals surface area contributed by atoms with E-state index in [-0.39, 0.29) is 12.0 Å². The SMILES string of the molecule is FC(F)(F)COCCC(CBr)(CBr)c1cccc(Cl)c1. The Kier molecular flexibility index (Phi) is 7.32. The van der Waals surface area contributed by atoms with Crippen LogP contribution in [0.1, 0.15) is 12.0 Å². The molecule has 0 aliphatic heterocycles. The fourth-order valence-electron chi connectivity index (χ4n) is 1.74. The molecule has 0 saturated heterocycles. The van der Waals surface area contributed by atoms with Crippen molar-refractivity contribution in [3.63, 3.8) is 0 Å². The number of benzene rings is 1. The average molecular weight is 439 g/mol. The minimum atomic E-state index is -4.29. The van der Waals surface area contributed by atoms with Crippen LogP contribution >= 0.6 is 43.5 Å². The normalized spacial score (nSPS) is 12.7. The van der Waals surface area contributed by atoms with Gasteiger partial charge in [0.1, 0.15) is 6.61 Å². The number of hydrogen-bond acceptors (Lipinski definition) is 1. The van der Waals surface area contributed by atoms with Gasteiger partial charge in [0.15, 0.2) is 0 Å². The van der Waals surface area contributed by atoms with Crippen LogP contribution in [0.5, 0.6) is 0 Å². The molecule has 0 bridgehead atoms. The first-order chi connectivity index (χ1) is 9.33. The number of ether oxygens (including phenoxy) is 1. The molecule has 114 valence electrons. The second-order valence-electron chi connectivity index (χ2n) is 4.48. The van der Waals surface area contributed by atoms with Gasteiger partial charge in [-0.25, -0.2) is 0 Å². The molecule has 0 amide bonds. The van der Waals surface area contributed by atoms with Crippen molar-refractivity contribution in [2.24, 2.45) is 0 Å². The van der Waals surface area contributed by atoms with Gasteiger partial charge in [-0.05, 0) is 24.1 Å². The Hall–Kier alpha value is 0.220. The van der Waals surface area contributed by atoms with E-state index in [0.717, 1.165) is 5.56 Å². The monoisotopic (exact) mass is 436 g/mol. The molecule has 0 unspecified atom stereocenters. The lowest BCUT2D eigenvalue weighted by atomic mass is 9.82. The fourth-order valence-corrected chi connectivity index (χ4v) is 4.07. The summed E-state index contributed by atoms with van der Waals surface area (Å²) >= 11 is 12.8. The van der Waals surface area contributed by atoms with Gasteiger partial charge >= 0.3 is 6.18 Å². The molecule has 1 nitrogen and oxygen atoms in total. The summed E-state index contributed by atoms with van der Waals surface area (Å²) in [5.74, 6) is 0. The largest absolute Gasteiger partial charge is 0.411 e. The molecule has 0 N–H and O–H groups in total. The molecule has 7 heteroatoms. The molecule has 20 heavy (non-hydrogen) atoms. The highest BCUT2D eigenvalue weighted by molar-refractivity contribution is 9.09. The standard InChI is InChI=1S/C13H14Br2ClF3O/c14-7-12(8-15,4-5-20-9-13(17,18)19)10-2-1-3-11(16)6-10/h1-3,6H,4-5,7-9H2. The van der Waals surface area contributed by atoms with Crippen molar-refractivity contribution in [2.75, 3.05) is 23.9 Å². The summed E-state index contributed by atoms with van der Waals surface area (Å²) in [7, 11) is 0. The maximum Gasteiger partial charge on any atom is 0.411 e. The van der Waals surface area contributed by atoms with Crippen LogP contribution in [0.4, 0.5) is 13.2 Å². The first-order valence-electron chi connectivity index (χ1n) is 5.85. The molecule has 1 aromatic rings. The molecule has 0 heterocycles. The van der Waals surface area contributed by atoms with Gasteiger partial charge in [-0.15, -0.1) is 0 Å². The van der Waals surface area contributed by atoms with Crippen molar-refractivity contribution in [3.8, 4) is 0 Å². The third-order valence-corrected chi connectivity index (χ3v) is 5.32. The lowest BCUT2D eigenvalue weighted by Gasteiger charge is -2.31. The molecular weight excluding hydrogens is 424 g/mol. The summed E-state index contributed by atoms with van der Waals surface area (Å²) in [6, 6.07) is 7.33. The molecule has 0 aliphatic carbocycles. The molecule has 0 saturated carbocycles. The lowest BCUT2D eigenvalue weighted by Crippen LogP contribution is -2.32. The number of rotatable bonds is 7. The van der Waals surface area contributed by atoms with Crippen LogP contribution in [0.15, 0.2) is 24.3 Å². The van der Waals surface area contributed by atoms with E-state index in [1.807, 2.05) is 18.2 Å². The second kappa shape index (κ2) is 8.01. The minimum Gasteiger partial charge on any atom is -0.372 e. The topological polar surface area (TPSA) is 9.23 Å². The van der Waals surface area contributed by atoms with E-state index >= 15 is 0 Å². The molecular formula is C13H14Br2ClF3O. The number of halogens is 6. The van der Waals surface area contributed by atoms with E-state index < -0.39 is 12.8 Å². The first kappa shape index (κ1) is 18.3. The van der Waals surface area contributed by atoms with E-state index in [9.17, 15) is 13.2 Å². The zero-order valence-electron chi connectivity index (χ0n) is 10.5. The molecule has 1 aromatic carbocycles. The van der Waals surface area contributed by atoms with Crippen LogP contribution in [0.3, 0.4) is 0 Å². The smallest absolute Gasteiger partial charge is 0.372 e. The van der Waals surface area contributed by atoms with E-state index in [2.05, 4.69) is 31.9 Å². The Bertz CT molecular complexity index is 422. The summed E-state index contributed by atoms with van der Waals surface area (Å²) in [5, 5.41) is 1.80. The van der Waals surface area contributed by atoms with Crippen molar-refractivity contribution in [3.05, 3.63) is 34.9 Å². The Labute approximate surface area is 138 Å². The minimum absolute atomic E-state index is 0.0310. The van der Waals surface area contributed by atoms with E-state index in [4.69, 9.17) is 16.3 Å². The van der Waals surface area contributed by atoms with E-state index in [0.29, 0.717) is 22.1 Å². The van der Waals surface area contributed by atoms with Crippen molar-refractivity contribution in [1.29, 1.82) is 0 Å². The van der Waals surface area contributed by atoms with Crippen molar-refractivity contribution >= 4 is 43.5 Å². The van der Waals surface area contributed by atoms with Crippen molar-refractivity contribution in [1.82, 2.24) is 0 Å². The molecule has 0 spiro atoms. The maximum atomic E-state index is 12.1. The van der Waals surface area contributed by atoms with Gasteiger partial charge < -0.3 is 4.74 Å². The number of hydrogen-bond donors (Lipinski definition) is 0. The average Bonchev–Trinajstić information content (AvgIpc) is 2.38. The Morgan fingerprint density at radius 2 is 1.80 bits per heavy atom. The van der Waals surface area contributed by atoms with E-state index in [1.165, 1.54) is 0 Å². The first-order valence-corrected chi connectivity index (χ1v) is 8.47. The third-order valence-electron chi connectivity index (χ3n) is 2.94. The summed E-state index contributed by atoms with van der Waals surface area (Å²) in [5.41, 5.74) is 0.616. The summed E-state index contributed by atoms with van der Waals surface area (Å²) in [6.07, 6.45) is -3.83. The van der Waals surface area contributed by atoms with Crippen LogP contribution in [-0.2, 0) is 10.2 Å². The van der Waals surface area contributed by atoms with Gasteiger partial charge in [0.05, 0.1) is 0 Å². The fraction of sp³-hybridized carbons (Fsp3) is 0.538. The molecule has 0 fully saturated rings. The molecule has 0 atom stereocenters. The van der Waals surface area contributed by atoms with Crippen LogP contribution in [0.2, 0.25) is 5.02 Å². The van der Waals surface area contributed by atoms with Crippen LogP contribution in [0, 0.1) is 0 Å². The van der Waals surface area contributed by atoms with Gasteiger partial charge in [-0.3, -0.25) is 0 Å². The summed E-state index contributed by atoms with van der Waals surface area (Å²) in [6.45, 7) is -1.19. The lowest BCUT2D eigenvalue weighted by molar-refractivity contribution is -0.174. The summed E-state index contributed by atoms with van der Waals surface area (Å²) in [4.78, 5) is 0. The van der Waals surface area contributed by atoms with Crippen LogP contribution in [-0.4, -0.2) is 30.1 Å². The van der Waals surface area contributed by atoms with Gasteiger partial charge in [-0.2, -0.15) is 13.2 Å². The van der Waals surface area contributed by atoms with Crippen LogP contribution < -0.4 is 0 Å². The molecule has 1 rings (SSSR count). The Morgan fingerprint density at radius 3 is 2.30 bits per heavy atom. The van der Waals surface area contributed by atoms with Gasteiger partial charge in [0, 0.05) is 27.7 Å². The van der Waals surface area contributed by atoms with Crippen molar-refractivity contribution in [2.45, 2.75) is 18.0 Å². The maximum absolute atomic E-state index is 12.1. The zero-order chi connectivity index (χ0) is 15.2. The van der Waals surface area contributed by atoms with Crippen LogP contribution in [0.25, 0.3) is 0 Å². The van der Waals surface area contributed by atoms with E-state index in [1.54, 1.807) is 6.07 Å². The number of alkyl halides is 5. The molecule has 0 aliphatic rings. The molecule has 0 radical (unpaired) electrons. The predicted octanol–water partition coefficient (Wildman–Crippen LogP) is 5.34. The second-order valence-corrected chi connectivity index (χ2v) is 6.03. The zero-order valence-corrected chi connectivity index (χ0v) is 14.4. The van der Waals surface area contributed by atoms with Gasteiger partial charge in [0.25, 0.3) is 0 Å². The predicted molar refractivity (Wildman–Crippen MR) is 82.2 cm³/mol. The Balaban J connectivity index is 2.72. The third kappa shape index (κ3) is 5.54. The quantitative estimate of drug-likeness (QED) is 0.413. The highest BCUT2D eigenvalue weighted by Crippen LogP contribution is 2.34. The van der Waals surface area contributed by atoms with Crippen molar-refractivity contribution < 1.29 is 17.9 Å². The summed E-state index contributed by atoms with van der Waals surface area (Å²) < 4.78 is 40.9. The van der Waals surface area contributed by atoms with Gasteiger partial charge in [0.2, 0.25) is 0 Å². The van der Waals surface area contributed by atoms with Gasteiger partial charge in [-0.1, -0.05) is 55.6 Å². The highest BCUT2D eigenvalue weighted by Gasteiger charge is 2.32.